The molecule has 2 N–H and O–H groups in total. The Bertz CT molecular complexity index is 522. The van der Waals surface area contributed by atoms with Gasteiger partial charge in [0, 0.05) is 23.2 Å². The Morgan fingerprint density at radius 3 is 2.63 bits per heavy atom. The smallest absolute Gasteiger partial charge is 0.156 e. The Kier molecular flexibility index (Phi) is 5.30. The number of nitrogens with two attached hydrogens (primary N) is 1. The minimum absolute atomic E-state index is 0.478. The molecule has 0 atom stereocenters. The SMILES string of the molecule is Nc1nccnc1SCCCOc1ccc(Cl)cc1. The standard InChI is InChI=1S/C13H14ClN3OS/c14-10-2-4-11(5-3-10)18-8-1-9-19-13-12(15)16-6-7-17-13/h2-7H,1,8-9H2,(H2,15,16). The molecule has 0 aliphatic carbocycles. The van der Waals surface area contributed by atoms with Crippen LogP contribution in [0.3, 0.4) is 0 Å². The fraction of sp³-hybridized carbons (Fsp3) is 0.231. The summed E-state index contributed by atoms with van der Waals surface area (Å²) in [6, 6.07) is 7.34. The highest BCUT2D eigenvalue weighted by Gasteiger charge is 2.01. The normalized spacial score (nSPS) is 10.4. The van der Waals surface area contributed by atoms with Crippen LogP contribution in [0.2, 0.25) is 5.02 Å². The molecule has 1 heterocycles. The van der Waals surface area contributed by atoms with Gasteiger partial charge < -0.3 is 10.5 Å². The summed E-state index contributed by atoms with van der Waals surface area (Å²) >= 11 is 7.38. The molecule has 0 spiro atoms. The maximum absolute atomic E-state index is 5.79. The van der Waals surface area contributed by atoms with E-state index in [1.165, 1.54) is 0 Å². The van der Waals surface area contributed by atoms with Crippen LogP contribution in [-0.2, 0) is 0 Å². The van der Waals surface area contributed by atoms with Gasteiger partial charge in [0.15, 0.2) is 5.82 Å². The number of anilines is 1. The minimum Gasteiger partial charge on any atom is -0.494 e. The van der Waals surface area contributed by atoms with Crippen LogP contribution in [-0.4, -0.2) is 22.3 Å². The zero-order chi connectivity index (χ0) is 13.5. The highest BCUT2D eigenvalue weighted by Crippen LogP contribution is 2.20. The van der Waals surface area contributed by atoms with Gasteiger partial charge in [-0.05, 0) is 30.7 Å². The van der Waals surface area contributed by atoms with Crippen LogP contribution in [0.5, 0.6) is 5.75 Å². The molecule has 0 fully saturated rings. The predicted molar refractivity (Wildman–Crippen MR) is 78.7 cm³/mol. The summed E-state index contributed by atoms with van der Waals surface area (Å²) in [5.41, 5.74) is 5.70. The Morgan fingerprint density at radius 1 is 1.16 bits per heavy atom. The van der Waals surface area contributed by atoms with Gasteiger partial charge in [-0.1, -0.05) is 11.6 Å². The number of nitrogen functional groups attached to an aromatic ring is 1. The number of ether oxygens (including phenoxy) is 1. The van der Waals surface area contributed by atoms with Crippen molar-refractivity contribution in [2.24, 2.45) is 0 Å². The highest BCUT2D eigenvalue weighted by molar-refractivity contribution is 7.99. The molecular formula is C13H14ClN3OS. The average molecular weight is 296 g/mol. The molecule has 0 unspecified atom stereocenters. The van der Waals surface area contributed by atoms with Crippen molar-refractivity contribution in [2.75, 3.05) is 18.1 Å². The number of aromatic nitrogens is 2. The Hall–Kier alpha value is -1.46. The summed E-state index contributed by atoms with van der Waals surface area (Å²) < 4.78 is 5.59. The van der Waals surface area contributed by atoms with Crippen molar-refractivity contribution in [3.63, 3.8) is 0 Å². The molecule has 1 aromatic heterocycles. The maximum Gasteiger partial charge on any atom is 0.156 e. The zero-order valence-electron chi connectivity index (χ0n) is 10.3. The second-order valence-electron chi connectivity index (χ2n) is 3.75. The lowest BCUT2D eigenvalue weighted by molar-refractivity contribution is 0.318. The molecule has 0 saturated carbocycles. The first-order chi connectivity index (χ1) is 9.25. The molecule has 100 valence electrons. The largest absolute Gasteiger partial charge is 0.494 e. The van der Waals surface area contributed by atoms with Crippen molar-refractivity contribution < 1.29 is 4.74 Å². The summed E-state index contributed by atoms with van der Waals surface area (Å²) in [6.45, 7) is 0.648. The van der Waals surface area contributed by atoms with E-state index in [-0.39, 0.29) is 0 Å². The van der Waals surface area contributed by atoms with Crippen molar-refractivity contribution in [1.29, 1.82) is 0 Å². The lowest BCUT2D eigenvalue weighted by atomic mass is 10.3. The molecule has 19 heavy (non-hydrogen) atoms. The van der Waals surface area contributed by atoms with E-state index >= 15 is 0 Å². The van der Waals surface area contributed by atoms with Crippen LogP contribution in [0.25, 0.3) is 0 Å². The first-order valence-electron chi connectivity index (χ1n) is 5.83. The van der Waals surface area contributed by atoms with Crippen LogP contribution < -0.4 is 10.5 Å². The Morgan fingerprint density at radius 2 is 1.89 bits per heavy atom. The molecule has 1 aromatic carbocycles. The van der Waals surface area contributed by atoms with E-state index in [2.05, 4.69) is 9.97 Å². The van der Waals surface area contributed by atoms with Crippen molar-refractivity contribution in [3.05, 3.63) is 41.7 Å². The summed E-state index contributed by atoms with van der Waals surface area (Å²) in [5, 5.41) is 1.48. The zero-order valence-corrected chi connectivity index (χ0v) is 11.8. The van der Waals surface area contributed by atoms with Gasteiger partial charge in [0.2, 0.25) is 0 Å². The molecule has 4 nitrogen and oxygen atoms in total. The van der Waals surface area contributed by atoms with Gasteiger partial charge in [0.25, 0.3) is 0 Å². The van der Waals surface area contributed by atoms with Crippen LogP contribution in [0.4, 0.5) is 5.82 Å². The number of rotatable bonds is 6. The number of thioether (sulfide) groups is 1. The van der Waals surface area contributed by atoms with Gasteiger partial charge in [0.1, 0.15) is 10.8 Å². The van der Waals surface area contributed by atoms with Gasteiger partial charge in [0.05, 0.1) is 6.61 Å². The van der Waals surface area contributed by atoms with Crippen molar-refractivity contribution >= 4 is 29.2 Å². The molecule has 0 radical (unpaired) electrons. The first kappa shape index (κ1) is 14.0. The molecule has 0 aliphatic heterocycles. The number of benzene rings is 1. The summed E-state index contributed by atoms with van der Waals surface area (Å²) in [4.78, 5) is 8.15. The molecule has 0 aliphatic rings. The molecule has 0 saturated heterocycles. The molecule has 0 amide bonds. The third kappa shape index (κ3) is 4.61. The molecule has 6 heteroatoms. The summed E-state index contributed by atoms with van der Waals surface area (Å²) in [6.07, 6.45) is 4.13. The molecular weight excluding hydrogens is 282 g/mol. The van der Waals surface area contributed by atoms with E-state index in [1.807, 2.05) is 24.3 Å². The quantitative estimate of drug-likeness (QED) is 0.654. The number of hydrogen-bond donors (Lipinski definition) is 1. The van der Waals surface area contributed by atoms with Crippen LogP contribution >= 0.6 is 23.4 Å². The van der Waals surface area contributed by atoms with Crippen LogP contribution in [0.1, 0.15) is 6.42 Å². The topological polar surface area (TPSA) is 61.0 Å². The van der Waals surface area contributed by atoms with Gasteiger partial charge in [-0.2, -0.15) is 0 Å². The second-order valence-corrected chi connectivity index (χ2v) is 5.27. The molecule has 2 rings (SSSR count). The lowest BCUT2D eigenvalue weighted by Crippen LogP contribution is -2.00. The fourth-order valence-electron chi connectivity index (χ4n) is 1.40. The first-order valence-corrected chi connectivity index (χ1v) is 7.20. The van der Waals surface area contributed by atoms with Crippen LogP contribution in [0, 0.1) is 0 Å². The monoisotopic (exact) mass is 295 g/mol. The van der Waals surface area contributed by atoms with Crippen molar-refractivity contribution in [3.8, 4) is 5.75 Å². The van der Waals surface area contributed by atoms with Gasteiger partial charge in [-0.15, -0.1) is 11.8 Å². The van der Waals surface area contributed by atoms with E-state index in [0.29, 0.717) is 17.4 Å². The van der Waals surface area contributed by atoms with E-state index in [1.54, 1.807) is 24.2 Å². The third-order valence-electron chi connectivity index (χ3n) is 2.30. The van der Waals surface area contributed by atoms with E-state index in [9.17, 15) is 0 Å². The number of hydrogen-bond acceptors (Lipinski definition) is 5. The van der Waals surface area contributed by atoms with E-state index in [4.69, 9.17) is 22.1 Å². The number of halogens is 1. The maximum atomic E-state index is 5.79. The summed E-state index contributed by atoms with van der Waals surface area (Å²) in [7, 11) is 0. The minimum atomic E-state index is 0.478. The van der Waals surface area contributed by atoms with Gasteiger partial charge >= 0.3 is 0 Å². The van der Waals surface area contributed by atoms with Crippen molar-refractivity contribution in [2.45, 2.75) is 11.4 Å². The predicted octanol–water partition coefficient (Wildman–Crippen LogP) is 3.27. The summed E-state index contributed by atoms with van der Waals surface area (Å²) in [5.74, 6) is 2.19. The molecule has 2 aromatic rings. The Balaban J connectivity index is 1.67. The Labute approximate surface area is 121 Å². The van der Waals surface area contributed by atoms with E-state index in [0.717, 1.165) is 22.9 Å². The van der Waals surface area contributed by atoms with Gasteiger partial charge in [-0.3, -0.25) is 0 Å². The van der Waals surface area contributed by atoms with Gasteiger partial charge in [-0.25, -0.2) is 9.97 Å². The van der Waals surface area contributed by atoms with E-state index < -0.39 is 0 Å². The fourth-order valence-corrected chi connectivity index (χ4v) is 2.31. The van der Waals surface area contributed by atoms with Crippen molar-refractivity contribution in [1.82, 2.24) is 9.97 Å². The average Bonchev–Trinajstić information content (AvgIpc) is 2.42. The molecule has 0 bridgehead atoms. The third-order valence-corrected chi connectivity index (χ3v) is 3.63. The highest BCUT2D eigenvalue weighted by atomic mass is 35.5. The number of nitrogens with zero attached hydrogens (tertiary/aromatic N) is 2. The lowest BCUT2D eigenvalue weighted by Gasteiger charge is -2.06. The second kappa shape index (κ2) is 7.21. The van der Waals surface area contributed by atoms with Crippen LogP contribution in [0.15, 0.2) is 41.7 Å².